The van der Waals surface area contributed by atoms with Gasteiger partial charge < -0.3 is 11.5 Å². The number of benzene rings is 1. The molecule has 0 aromatic heterocycles. The second-order valence-corrected chi connectivity index (χ2v) is 3.59. The zero-order chi connectivity index (χ0) is 9.84. The van der Waals surface area contributed by atoms with Crippen molar-refractivity contribution in [1.29, 1.82) is 0 Å². The molecule has 0 radical (unpaired) electrons. The molecule has 1 aromatic carbocycles. The van der Waals surface area contributed by atoms with Crippen molar-refractivity contribution in [3.05, 3.63) is 34.9 Å². The molecule has 2 nitrogen and oxygen atoms in total. The molecular formula is C10H15ClN2. The standard InChI is InChI=1S/C10H15ClN2/c1-2-9(12)10(13)7-3-5-8(11)6-4-7/h3-6,9-10H,2,12-13H2,1H3/t9-,10+/m0/s1. The van der Waals surface area contributed by atoms with Crippen LogP contribution >= 0.6 is 11.6 Å². The van der Waals surface area contributed by atoms with Gasteiger partial charge in [0.25, 0.3) is 0 Å². The maximum Gasteiger partial charge on any atom is 0.0448 e. The van der Waals surface area contributed by atoms with Crippen LogP contribution in [-0.4, -0.2) is 6.04 Å². The minimum atomic E-state index is -0.0951. The Hall–Kier alpha value is -0.570. The number of nitrogens with two attached hydrogens (primary N) is 2. The largest absolute Gasteiger partial charge is 0.326 e. The van der Waals surface area contributed by atoms with E-state index in [2.05, 4.69) is 0 Å². The molecule has 0 unspecified atom stereocenters. The van der Waals surface area contributed by atoms with Crippen molar-refractivity contribution < 1.29 is 0 Å². The number of rotatable bonds is 3. The van der Waals surface area contributed by atoms with Gasteiger partial charge in [-0.05, 0) is 24.1 Å². The summed E-state index contributed by atoms with van der Waals surface area (Å²) in [5, 5.41) is 0.723. The number of hydrogen-bond acceptors (Lipinski definition) is 2. The molecule has 1 aromatic rings. The Morgan fingerprint density at radius 3 is 2.23 bits per heavy atom. The summed E-state index contributed by atoms with van der Waals surface area (Å²) < 4.78 is 0. The predicted molar refractivity (Wildman–Crippen MR) is 56.6 cm³/mol. The van der Waals surface area contributed by atoms with E-state index in [0.717, 1.165) is 17.0 Å². The zero-order valence-electron chi connectivity index (χ0n) is 7.70. The molecule has 4 N–H and O–H groups in total. The third kappa shape index (κ3) is 2.69. The summed E-state index contributed by atoms with van der Waals surface area (Å²) in [7, 11) is 0. The highest BCUT2D eigenvalue weighted by Gasteiger charge is 2.12. The van der Waals surface area contributed by atoms with E-state index in [-0.39, 0.29) is 12.1 Å². The van der Waals surface area contributed by atoms with Gasteiger partial charge in [0, 0.05) is 17.1 Å². The second-order valence-electron chi connectivity index (χ2n) is 3.15. The SMILES string of the molecule is CC[C@H](N)[C@H](N)c1ccc(Cl)cc1. The zero-order valence-corrected chi connectivity index (χ0v) is 8.46. The lowest BCUT2D eigenvalue weighted by atomic mass is 9.99. The summed E-state index contributed by atoms with van der Waals surface area (Å²) in [6.45, 7) is 2.03. The van der Waals surface area contributed by atoms with Crippen molar-refractivity contribution in [3.8, 4) is 0 Å². The Bertz CT molecular complexity index is 258. The average Bonchev–Trinajstić information content (AvgIpc) is 2.17. The predicted octanol–water partition coefficient (Wildman–Crippen LogP) is 2.08. The van der Waals surface area contributed by atoms with E-state index in [1.165, 1.54) is 0 Å². The first-order valence-corrected chi connectivity index (χ1v) is 4.79. The third-order valence-corrected chi connectivity index (χ3v) is 2.44. The average molecular weight is 199 g/mol. The van der Waals surface area contributed by atoms with Crippen molar-refractivity contribution in [2.45, 2.75) is 25.4 Å². The maximum absolute atomic E-state index is 5.93. The minimum Gasteiger partial charge on any atom is -0.326 e. The van der Waals surface area contributed by atoms with Crippen molar-refractivity contribution in [1.82, 2.24) is 0 Å². The van der Waals surface area contributed by atoms with Crippen LogP contribution in [0.1, 0.15) is 24.9 Å². The van der Waals surface area contributed by atoms with Gasteiger partial charge >= 0.3 is 0 Å². The molecule has 0 saturated carbocycles. The molecule has 0 spiro atoms. The summed E-state index contributed by atoms with van der Waals surface area (Å²) in [4.78, 5) is 0. The molecule has 0 heterocycles. The number of hydrogen-bond donors (Lipinski definition) is 2. The Kier molecular flexibility index (Phi) is 3.72. The van der Waals surface area contributed by atoms with Crippen LogP contribution in [0.15, 0.2) is 24.3 Å². The van der Waals surface area contributed by atoms with Crippen molar-refractivity contribution in [2.75, 3.05) is 0 Å². The molecule has 13 heavy (non-hydrogen) atoms. The summed E-state index contributed by atoms with van der Waals surface area (Å²) in [6.07, 6.45) is 0.879. The van der Waals surface area contributed by atoms with Crippen molar-refractivity contribution in [3.63, 3.8) is 0 Å². The third-order valence-electron chi connectivity index (χ3n) is 2.19. The molecule has 0 aliphatic heterocycles. The highest BCUT2D eigenvalue weighted by molar-refractivity contribution is 6.30. The van der Waals surface area contributed by atoms with E-state index < -0.39 is 0 Å². The van der Waals surface area contributed by atoms with Crippen LogP contribution in [0.25, 0.3) is 0 Å². The van der Waals surface area contributed by atoms with Crippen LogP contribution < -0.4 is 11.5 Å². The fourth-order valence-electron chi connectivity index (χ4n) is 1.19. The highest BCUT2D eigenvalue weighted by Crippen LogP contribution is 2.17. The van der Waals surface area contributed by atoms with Crippen molar-refractivity contribution in [2.24, 2.45) is 11.5 Å². The molecule has 1 rings (SSSR count). The van der Waals surface area contributed by atoms with Gasteiger partial charge in [0.05, 0.1) is 0 Å². The van der Waals surface area contributed by atoms with Gasteiger partial charge in [0.15, 0.2) is 0 Å². The molecule has 0 aliphatic carbocycles. The molecule has 0 bridgehead atoms. The van der Waals surface area contributed by atoms with E-state index in [0.29, 0.717) is 0 Å². The first kappa shape index (κ1) is 10.5. The van der Waals surface area contributed by atoms with E-state index in [4.69, 9.17) is 23.1 Å². The van der Waals surface area contributed by atoms with Crippen molar-refractivity contribution >= 4 is 11.6 Å². The molecular weight excluding hydrogens is 184 g/mol. The van der Waals surface area contributed by atoms with E-state index in [1.54, 1.807) is 0 Å². The quantitative estimate of drug-likeness (QED) is 0.782. The molecule has 0 aliphatic rings. The van der Waals surface area contributed by atoms with Gasteiger partial charge in [0.1, 0.15) is 0 Å². The van der Waals surface area contributed by atoms with Crippen LogP contribution in [0.3, 0.4) is 0 Å². The Morgan fingerprint density at radius 2 is 1.77 bits per heavy atom. The van der Waals surface area contributed by atoms with Crippen LogP contribution in [0.2, 0.25) is 5.02 Å². The summed E-state index contributed by atoms with van der Waals surface area (Å²) in [6, 6.07) is 7.42. The van der Waals surface area contributed by atoms with Gasteiger partial charge in [-0.3, -0.25) is 0 Å². The van der Waals surface area contributed by atoms with Gasteiger partial charge in [0.2, 0.25) is 0 Å². The molecule has 2 atom stereocenters. The molecule has 3 heteroatoms. The van der Waals surface area contributed by atoms with Crippen LogP contribution in [-0.2, 0) is 0 Å². The minimum absolute atomic E-state index is 0.0150. The van der Waals surface area contributed by atoms with E-state index in [9.17, 15) is 0 Å². The van der Waals surface area contributed by atoms with Crippen LogP contribution in [0.5, 0.6) is 0 Å². The first-order valence-electron chi connectivity index (χ1n) is 4.41. The lowest BCUT2D eigenvalue weighted by Gasteiger charge is -2.18. The number of halogens is 1. The fraction of sp³-hybridized carbons (Fsp3) is 0.400. The van der Waals surface area contributed by atoms with E-state index in [1.807, 2.05) is 31.2 Å². The Labute approximate surface area is 83.9 Å². The summed E-state index contributed by atoms with van der Waals surface area (Å²) in [5.74, 6) is 0. The smallest absolute Gasteiger partial charge is 0.0448 e. The molecule has 0 amide bonds. The van der Waals surface area contributed by atoms with Crippen LogP contribution in [0.4, 0.5) is 0 Å². The topological polar surface area (TPSA) is 52.0 Å². The molecule has 0 fully saturated rings. The lowest BCUT2D eigenvalue weighted by Crippen LogP contribution is -2.33. The molecule has 72 valence electrons. The van der Waals surface area contributed by atoms with Gasteiger partial charge in [-0.25, -0.2) is 0 Å². The van der Waals surface area contributed by atoms with Gasteiger partial charge in [-0.1, -0.05) is 30.7 Å². The first-order chi connectivity index (χ1) is 6.15. The van der Waals surface area contributed by atoms with E-state index >= 15 is 0 Å². The van der Waals surface area contributed by atoms with Gasteiger partial charge in [-0.15, -0.1) is 0 Å². The van der Waals surface area contributed by atoms with Crippen LogP contribution in [0, 0.1) is 0 Å². The highest BCUT2D eigenvalue weighted by atomic mass is 35.5. The summed E-state index contributed by atoms with van der Waals surface area (Å²) >= 11 is 5.76. The lowest BCUT2D eigenvalue weighted by molar-refractivity contribution is 0.532. The summed E-state index contributed by atoms with van der Waals surface area (Å²) in [5.41, 5.74) is 12.8. The monoisotopic (exact) mass is 198 g/mol. The maximum atomic E-state index is 5.93. The Morgan fingerprint density at radius 1 is 1.23 bits per heavy atom. The second kappa shape index (κ2) is 4.61. The molecule has 0 saturated heterocycles. The Balaban J connectivity index is 2.77. The normalized spacial score (nSPS) is 15.4. The van der Waals surface area contributed by atoms with Gasteiger partial charge in [-0.2, -0.15) is 0 Å². The fourth-order valence-corrected chi connectivity index (χ4v) is 1.31.